The maximum atomic E-state index is 12.0. The van der Waals surface area contributed by atoms with E-state index in [1.807, 2.05) is 35.2 Å². The van der Waals surface area contributed by atoms with Crippen LogP contribution in [0, 0.1) is 5.92 Å². The van der Waals surface area contributed by atoms with Gasteiger partial charge in [0.05, 0.1) is 0 Å². The zero-order chi connectivity index (χ0) is 13.5. The lowest BCUT2D eigenvalue weighted by Crippen LogP contribution is -2.40. The molecule has 0 aromatic heterocycles. The molecule has 4 heteroatoms. The first-order chi connectivity index (χ1) is 9.29. The fourth-order valence-corrected chi connectivity index (χ4v) is 3.08. The second-order valence-corrected chi connectivity index (χ2v) is 5.77. The van der Waals surface area contributed by atoms with Crippen LogP contribution in [0.15, 0.2) is 30.3 Å². The lowest BCUT2D eigenvalue weighted by Gasteiger charge is -2.31. The number of carbonyl (C=O) groups is 1. The topological polar surface area (TPSA) is 29.5 Å². The normalized spacial score (nSPS) is 19.2. The monoisotopic (exact) mass is 325 g/mol. The first kappa shape index (κ1) is 14.4. The van der Waals surface area contributed by atoms with Crippen molar-refractivity contribution in [1.29, 1.82) is 0 Å². The van der Waals surface area contributed by atoms with Gasteiger partial charge in [-0.3, -0.25) is 0 Å². The van der Waals surface area contributed by atoms with E-state index in [4.69, 9.17) is 4.74 Å². The van der Waals surface area contributed by atoms with E-state index < -0.39 is 0 Å². The molecule has 3 nitrogen and oxygen atoms in total. The van der Waals surface area contributed by atoms with Crippen LogP contribution in [0.4, 0.5) is 4.79 Å². The van der Waals surface area contributed by atoms with Gasteiger partial charge in [-0.2, -0.15) is 0 Å². The molecule has 1 amide bonds. The highest BCUT2D eigenvalue weighted by atomic mass is 79.9. The first-order valence-electron chi connectivity index (χ1n) is 6.81. The Kier molecular flexibility index (Phi) is 5.70. The summed E-state index contributed by atoms with van der Waals surface area (Å²) in [6.07, 6.45) is 3.25. The molecule has 0 unspecified atom stereocenters. The standard InChI is InChI=1S/C15H20BrNO2/c16-9-8-13-7-4-10-17(11-13)15(18)19-12-14-5-2-1-3-6-14/h1-3,5-6,13H,4,7-12H2/t13-/m0/s1. The lowest BCUT2D eigenvalue weighted by molar-refractivity contribution is 0.0788. The molecule has 1 heterocycles. The van der Waals surface area contributed by atoms with Gasteiger partial charge in [0.2, 0.25) is 0 Å². The molecule has 1 aromatic rings. The number of rotatable bonds is 4. The summed E-state index contributed by atoms with van der Waals surface area (Å²) in [6, 6.07) is 9.81. The van der Waals surface area contributed by atoms with Crippen molar-refractivity contribution in [3.05, 3.63) is 35.9 Å². The fraction of sp³-hybridized carbons (Fsp3) is 0.533. The Bertz CT molecular complexity index is 394. The smallest absolute Gasteiger partial charge is 0.410 e. The summed E-state index contributed by atoms with van der Waals surface area (Å²) in [6.45, 7) is 2.02. The average Bonchev–Trinajstić information content (AvgIpc) is 2.46. The van der Waals surface area contributed by atoms with Gasteiger partial charge in [0.1, 0.15) is 6.61 Å². The van der Waals surface area contributed by atoms with Crippen LogP contribution >= 0.6 is 15.9 Å². The second kappa shape index (κ2) is 7.53. The quantitative estimate of drug-likeness (QED) is 0.787. The van der Waals surface area contributed by atoms with Crippen molar-refractivity contribution < 1.29 is 9.53 Å². The molecule has 1 aromatic carbocycles. The molecule has 1 fully saturated rings. The van der Waals surface area contributed by atoms with Gasteiger partial charge in [0.25, 0.3) is 0 Å². The Morgan fingerprint density at radius 2 is 2.16 bits per heavy atom. The Hall–Kier alpha value is -1.03. The molecule has 0 spiro atoms. The Morgan fingerprint density at radius 3 is 2.89 bits per heavy atom. The van der Waals surface area contributed by atoms with Crippen LogP contribution < -0.4 is 0 Å². The predicted molar refractivity (Wildman–Crippen MR) is 79.3 cm³/mol. The van der Waals surface area contributed by atoms with Crippen LogP contribution in [0.1, 0.15) is 24.8 Å². The molecule has 1 saturated heterocycles. The minimum atomic E-state index is -0.178. The highest BCUT2D eigenvalue weighted by Gasteiger charge is 2.24. The number of ether oxygens (including phenoxy) is 1. The molecular formula is C15H20BrNO2. The van der Waals surface area contributed by atoms with E-state index in [2.05, 4.69) is 15.9 Å². The molecule has 19 heavy (non-hydrogen) atoms. The molecule has 1 aliphatic rings. The van der Waals surface area contributed by atoms with Gasteiger partial charge < -0.3 is 9.64 Å². The summed E-state index contributed by atoms with van der Waals surface area (Å²) in [5.41, 5.74) is 1.03. The number of hydrogen-bond donors (Lipinski definition) is 0. The van der Waals surface area contributed by atoms with Crippen LogP contribution in [0.5, 0.6) is 0 Å². The molecule has 0 bridgehead atoms. The molecule has 0 aliphatic carbocycles. The maximum Gasteiger partial charge on any atom is 0.410 e. The minimum Gasteiger partial charge on any atom is -0.445 e. The fourth-order valence-electron chi connectivity index (χ4n) is 2.43. The Labute approximate surface area is 123 Å². The number of piperidine rings is 1. The Morgan fingerprint density at radius 1 is 1.37 bits per heavy atom. The molecule has 1 atom stereocenters. The summed E-state index contributed by atoms with van der Waals surface area (Å²) < 4.78 is 5.37. The van der Waals surface area contributed by atoms with Crippen LogP contribution in [0.3, 0.4) is 0 Å². The van der Waals surface area contributed by atoms with Gasteiger partial charge in [-0.15, -0.1) is 0 Å². The minimum absolute atomic E-state index is 0.178. The highest BCUT2D eigenvalue weighted by molar-refractivity contribution is 9.09. The summed E-state index contributed by atoms with van der Waals surface area (Å²) in [7, 11) is 0. The van der Waals surface area contributed by atoms with Crippen LogP contribution in [-0.2, 0) is 11.3 Å². The SMILES string of the molecule is O=C(OCc1ccccc1)N1CCC[C@@H](CCBr)C1. The van der Waals surface area contributed by atoms with Crippen LogP contribution in [0.2, 0.25) is 0 Å². The number of hydrogen-bond acceptors (Lipinski definition) is 2. The summed E-state index contributed by atoms with van der Waals surface area (Å²) in [5.74, 6) is 0.609. The number of nitrogens with zero attached hydrogens (tertiary/aromatic N) is 1. The van der Waals surface area contributed by atoms with Crippen molar-refractivity contribution in [2.45, 2.75) is 25.9 Å². The molecule has 0 saturated carbocycles. The highest BCUT2D eigenvalue weighted by Crippen LogP contribution is 2.21. The number of halogens is 1. The summed E-state index contributed by atoms with van der Waals surface area (Å²) in [4.78, 5) is 13.9. The van der Waals surface area contributed by atoms with Gasteiger partial charge >= 0.3 is 6.09 Å². The molecule has 2 rings (SSSR count). The van der Waals surface area contributed by atoms with Crippen molar-refractivity contribution in [3.8, 4) is 0 Å². The van der Waals surface area contributed by atoms with E-state index in [0.29, 0.717) is 12.5 Å². The van der Waals surface area contributed by atoms with Gasteiger partial charge in [-0.25, -0.2) is 4.79 Å². The zero-order valence-corrected chi connectivity index (χ0v) is 12.6. The number of amides is 1. The van der Waals surface area contributed by atoms with Crippen molar-refractivity contribution in [2.24, 2.45) is 5.92 Å². The molecule has 0 radical (unpaired) electrons. The van der Waals surface area contributed by atoms with E-state index in [0.717, 1.165) is 36.8 Å². The van der Waals surface area contributed by atoms with Gasteiger partial charge in [-0.05, 0) is 30.7 Å². The van der Waals surface area contributed by atoms with Crippen LogP contribution in [-0.4, -0.2) is 29.4 Å². The first-order valence-corrected chi connectivity index (χ1v) is 7.93. The van der Waals surface area contributed by atoms with Gasteiger partial charge in [0, 0.05) is 18.4 Å². The average molecular weight is 326 g/mol. The second-order valence-electron chi connectivity index (χ2n) is 4.97. The third-order valence-electron chi connectivity index (χ3n) is 3.50. The lowest BCUT2D eigenvalue weighted by atomic mass is 9.96. The third-order valence-corrected chi connectivity index (χ3v) is 3.96. The van der Waals surface area contributed by atoms with Crippen molar-refractivity contribution in [1.82, 2.24) is 4.90 Å². The van der Waals surface area contributed by atoms with E-state index in [9.17, 15) is 4.79 Å². The zero-order valence-electron chi connectivity index (χ0n) is 11.1. The predicted octanol–water partition coefficient (Wildman–Crippen LogP) is 3.82. The number of alkyl halides is 1. The van der Waals surface area contributed by atoms with Crippen molar-refractivity contribution in [3.63, 3.8) is 0 Å². The molecule has 1 aliphatic heterocycles. The van der Waals surface area contributed by atoms with Crippen LogP contribution in [0.25, 0.3) is 0 Å². The Balaban J connectivity index is 1.79. The van der Waals surface area contributed by atoms with E-state index in [-0.39, 0.29) is 6.09 Å². The largest absolute Gasteiger partial charge is 0.445 e. The molecule has 104 valence electrons. The van der Waals surface area contributed by atoms with Gasteiger partial charge in [0.15, 0.2) is 0 Å². The summed E-state index contributed by atoms with van der Waals surface area (Å²) in [5, 5.41) is 1.00. The van der Waals surface area contributed by atoms with E-state index in [1.54, 1.807) is 0 Å². The van der Waals surface area contributed by atoms with Crippen molar-refractivity contribution in [2.75, 3.05) is 18.4 Å². The summed E-state index contributed by atoms with van der Waals surface area (Å²) >= 11 is 3.47. The number of benzene rings is 1. The van der Waals surface area contributed by atoms with Gasteiger partial charge in [-0.1, -0.05) is 46.3 Å². The molecule has 0 N–H and O–H groups in total. The van der Waals surface area contributed by atoms with E-state index in [1.165, 1.54) is 6.42 Å². The number of carbonyl (C=O) groups excluding carboxylic acids is 1. The third kappa shape index (κ3) is 4.53. The maximum absolute atomic E-state index is 12.0. The van der Waals surface area contributed by atoms with E-state index >= 15 is 0 Å². The van der Waals surface area contributed by atoms with Crippen molar-refractivity contribution >= 4 is 22.0 Å². The molecular weight excluding hydrogens is 306 g/mol. The number of likely N-dealkylation sites (tertiary alicyclic amines) is 1.